The topological polar surface area (TPSA) is 114 Å². The van der Waals surface area contributed by atoms with Crippen molar-refractivity contribution in [2.45, 2.75) is 6.92 Å². The Morgan fingerprint density at radius 1 is 1.40 bits per heavy atom. The number of hydrogen-bond donors (Lipinski definition) is 2. The first kappa shape index (κ1) is 18.4. The van der Waals surface area contributed by atoms with E-state index in [0.717, 1.165) is 11.8 Å². The molecule has 0 aromatic heterocycles. The number of aryl methyl sites for hydroxylation is 1. The monoisotopic (exact) mass is 407 g/mol. The molecule has 0 spiro atoms. The van der Waals surface area contributed by atoms with E-state index in [-0.39, 0.29) is 12.2 Å². The van der Waals surface area contributed by atoms with Crippen LogP contribution in [0.5, 0.6) is 11.5 Å². The first-order valence-corrected chi connectivity index (χ1v) is 7.84. The van der Waals surface area contributed by atoms with E-state index in [9.17, 15) is 20.0 Å². The van der Waals surface area contributed by atoms with Crippen LogP contribution in [0.15, 0.2) is 46.0 Å². The second kappa shape index (κ2) is 8.25. The molecule has 8 nitrogen and oxygen atoms in total. The quantitative estimate of drug-likeness (QED) is 0.434. The molecule has 2 N–H and O–H groups in total. The van der Waals surface area contributed by atoms with Gasteiger partial charge in [0.25, 0.3) is 5.91 Å². The fourth-order valence-electron chi connectivity index (χ4n) is 1.83. The molecule has 0 unspecified atom stereocenters. The average Bonchev–Trinajstić information content (AvgIpc) is 2.57. The van der Waals surface area contributed by atoms with E-state index in [1.54, 1.807) is 12.1 Å². The number of rotatable bonds is 6. The molecule has 0 heterocycles. The molecule has 0 fully saturated rings. The molecule has 0 aliphatic rings. The van der Waals surface area contributed by atoms with Gasteiger partial charge in [0.2, 0.25) is 5.75 Å². The van der Waals surface area contributed by atoms with E-state index in [2.05, 4.69) is 26.5 Å². The first-order chi connectivity index (χ1) is 11.9. The highest BCUT2D eigenvalue weighted by molar-refractivity contribution is 9.10. The van der Waals surface area contributed by atoms with Gasteiger partial charge in [0.05, 0.1) is 11.1 Å². The number of carbonyl (C=O) groups is 1. The second-order valence-corrected chi connectivity index (χ2v) is 5.93. The molecule has 2 rings (SSSR count). The van der Waals surface area contributed by atoms with Crippen LogP contribution in [-0.2, 0) is 4.79 Å². The molecule has 0 saturated carbocycles. The number of hydrazone groups is 1. The fraction of sp³-hybridized carbons (Fsp3) is 0.125. The zero-order valence-electron chi connectivity index (χ0n) is 13.1. The van der Waals surface area contributed by atoms with Crippen LogP contribution in [0, 0.1) is 17.0 Å². The molecule has 1 amide bonds. The number of phenols is 1. The number of nitro groups is 1. The van der Waals surface area contributed by atoms with Crippen LogP contribution in [0.25, 0.3) is 0 Å². The van der Waals surface area contributed by atoms with Crippen molar-refractivity contribution in [1.82, 2.24) is 5.43 Å². The van der Waals surface area contributed by atoms with Crippen LogP contribution < -0.4 is 10.2 Å². The zero-order valence-corrected chi connectivity index (χ0v) is 14.7. The third-order valence-electron chi connectivity index (χ3n) is 3.06. The van der Waals surface area contributed by atoms with Gasteiger partial charge < -0.3 is 9.84 Å². The maximum absolute atomic E-state index is 11.7. The van der Waals surface area contributed by atoms with Crippen molar-refractivity contribution in [2.24, 2.45) is 5.10 Å². The number of aromatic hydroxyl groups is 1. The van der Waals surface area contributed by atoms with E-state index in [1.807, 2.05) is 19.1 Å². The summed E-state index contributed by atoms with van der Waals surface area (Å²) >= 11 is 3.11. The molecule has 2 aromatic carbocycles. The lowest BCUT2D eigenvalue weighted by Crippen LogP contribution is -2.24. The predicted octanol–water partition coefficient (Wildman–Crippen LogP) is 2.90. The highest BCUT2D eigenvalue weighted by Crippen LogP contribution is 2.32. The Hall–Kier alpha value is -2.94. The van der Waals surface area contributed by atoms with Crippen molar-refractivity contribution in [3.63, 3.8) is 0 Å². The number of amides is 1. The molecule has 0 saturated heterocycles. The van der Waals surface area contributed by atoms with Crippen molar-refractivity contribution in [1.29, 1.82) is 0 Å². The Kier molecular flexibility index (Phi) is 6.07. The van der Waals surface area contributed by atoms with Crippen LogP contribution in [-0.4, -0.2) is 28.8 Å². The summed E-state index contributed by atoms with van der Waals surface area (Å²) in [5, 5.41) is 24.3. The van der Waals surface area contributed by atoms with Gasteiger partial charge in [-0.3, -0.25) is 14.9 Å². The molecule has 130 valence electrons. The number of hydrogen-bond acceptors (Lipinski definition) is 6. The van der Waals surface area contributed by atoms with Gasteiger partial charge in [0.15, 0.2) is 6.61 Å². The summed E-state index contributed by atoms with van der Waals surface area (Å²) in [6.07, 6.45) is 1.11. The number of halogens is 1. The Morgan fingerprint density at radius 2 is 2.08 bits per heavy atom. The minimum absolute atomic E-state index is 0.0841. The van der Waals surface area contributed by atoms with Crippen LogP contribution in [0.4, 0.5) is 5.69 Å². The number of phenolic OH excluding ortho intramolecular Hbond substituents is 1. The molecule has 0 bridgehead atoms. The number of benzene rings is 2. The van der Waals surface area contributed by atoms with E-state index < -0.39 is 22.3 Å². The Bertz CT molecular complexity index is 821. The Balaban J connectivity index is 1.95. The number of nitrogens with zero attached hydrogens (tertiary/aromatic N) is 2. The predicted molar refractivity (Wildman–Crippen MR) is 94.9 cm³/mol. The van der Waals surface area contributed by atoms with Crippen molar-refractivity contribution in [3.8, 4) is 11.5 Å². The van der Waals surface area contributed by atoms with E-state index in [4.69, 9.17) is 4.74 Å². The number of nitrogens with one attached hydrogen (secondary N) is 1. The van der Waals surface area contributed by atoms with Crippen LogP contribution >= 0.6 is 15.9 Å². The summed E-state index contributed by atoms with van der Waals surface area (Å²) in [6.45, 7) is 1.69. The van der Waals surface area contributed by atoms with Crippen LogP contribution in [0.3, 0.4) is 0 Å². The second-order valence-electron chi connectivity index (χ2n) is 5.01. The summed E-state index contributed by atoms with van der Waals surface area (Å²) in [4.78, 5) is 21.8. The van der Waals surface area contributed by atoms with Crippen LogP contribution in [0.1, 0.15) is 11.1 Å². The summed E-state index contributed by atoms with van der Waals surface area (Å²) in [6, 6.07) is 9.79. The third kappa shape index (κ3) is 5.28. The van der Waals surface area contributed by atoms with Crippen LogP contribution in [0.2, 0.25) is 0 Å². The molecular weight excluding hydrogens is 394 g/mol. The van der Waals surface area contributed by atoms with E-state index in [1.165, 1.54) is 12.1 Å². The summed E-state index contributed by atoms with van der Waals surface area (Å²) in [5.74, 6) is -0.507. The van der Waals surface area contributed by atoms with E-state index in [0.29, 0.717) is 10.2 Å². The molecule has 25 heavy (non-hydrogen) atoms. The lowest BCUT2D eigenvalue weighted by atomic mass is 10.2. The van der Waals surface area contributed by atoms with Gasteiger partial charge in [-0.15, -0.1) is 0 Å². The SMILES string of the molecule is Cc1ccc(OCC(=O)N/N=C/c2cc(Br)cc([N+](=O)[O-])c2O)cc1. The summed E-state index contributed by atoms with van der Waals surface area (Å²) in [5.41, 5.74) is 2.91. The third-order valence-corrected chi connectivity index (χ3v) is 3.52. The fourth-order valence-corrected chi connectivity index (χ4v) is 2.30. The Morgan fingerprint density at radius 3 is 2.72 bits per heavy atom. The lowest BCUT2D eigenvalue weighted by Gasteiger charge is -2.05. The van der Waals surface area contributed by atoms with Gasteiger partial charge in [0, 0.05) is 16.1 Å². The van der Waals surface area contributed by atoms with Crippen molar-refractivity contribution in [3.05, 3.63) is 62.1 Å². The number of nitro benzene ring substituents is 1. The molecule has 9 heteroatoms. The van der Waals surface area contributed by atoms with Gasteiger partial charge in [-0.1, -0.05) is 33.6 Å². The highest BCUT2D eigenvalue weighted by Gasteiger charge is 2.17. The minimum atomic E-state index is -0.717. The summed E-state index contributed by atoms with van der Waals surface area (Å²) in [7, 11) is 0. The van der Waals surface area contributed by atoms with Crippen molar-refractivity contribution < 1.29 is 19.6 Å². The molecule has 0 aliphatic heterocycles. The standard InChI is InChI=1S/C16H14BrN3O5/c1-10-2-4-13(5-3-10)25-9-15(21)19-18-8-11-6-12(17)7-14(16(11)22)20(23)24/h2-8,22H,9H2,1H3,(H,19,21)/b18-8+. The maximum Gasteiger partial charge on any atom is 0.312 e. The van der Waals surface area contributed by atoms with Gasteiger partial charge in [-0.05, 0) is 25.1 Å². The number of ether oxygens (including phenoxy) is 1. The van der Waals surface area contributed by atoms with Gasteiger partial charge in [-0.2, -0.15) is 5.10 Å². The summed E-state index contributed by atoms with van der Waals surface area (Å²) < 4.78 is 5.68. The molecular formula is C16H14BrN3O5. The lowest BCUT2D eigenvalue weighted by molar-refractivity contribution is -0.385. The highest BCUT2D eigenvalue weighted by atomic mass is 79.9. The normalized spacial score (nSPS) is 10.6. The van der Waals surface area contributed by atoms with Gasteiger partial charge in [0.1, 0.15) is 5.75 Å². The minimum Gasteiger partial charge on any atom is -0.502 e. The Labute approximate surface area is 151 Å². The number of carbonyl (C=O) groups excluding carboxylic acids is 1. The first-order valence-electron chi connectivity index (χ1n) is 7.05. The largest absolute Gasteiger partial charge is 0.502 e. The smallest absolute Gasteiger partial charge is 0.312 e. The van der Waals surface area contributed by atoms with E-state index >= 15 is 0 Å². The molecule has 0 radical (unpaired) electrons. The van der Waals surface area contributed by atoms with Crippen molar-refractivity contribution in [2.75, 3.05) is 6.61 Å². The van der Waals surface area contributed by atoms with Gasteiger partial charge >= 0.3 is 5.69 Å². The average molecular weight is 408 g/mol. The molecule has 0 atom stereocenters. The molecule has 0 aliphatic carbocycles. The van der Waals surface area contributed by atoms with Gasteiger partial charge in [-0.25, -0.2) is 5.43 Å². The zero-order chi connectivity index (χ0) is 18.4. The van der Waals surface area contributed by atoms with Crippen molar-refractivity contribution >= 4 is 33.7 Å². The maximum atomic E-state index is 11.7. The molecule has 2 aromatic rings.